The van der Waals surface area contributed by atoms with Crippen LogP contribution in [0.1, 0.15) is 5.56 Å². The SMILES string of the molecule is Cc1cc(Nc2ncnc3ccc(OCCN4CCN(C)CC4)cc23)ccc1Oc1ccc2c(c1)ncn2C. The Kier molecular flexibility index (Phi) is 7.00. The molecule has 9 heteroatoms. The third kappa shape index (κ3) is 5.64. The fourth-order valence-corrected chi connectivity index (χ4v) is 4.87. The first-order chi connectivity index (χ1) is 19.0. The minimum absolute atomic E-state index is 0.652. The van der Waals surface area contributed by atoms with Gasteiger partial charge in [-0.15, -0.1) is 0 Å². The molecule has 1 saturated heterocycles. The van der Waals surface area contributed by atoms with Crippen LogP contribution in [0.2, 0.25) is 0 Å². The van der Waals surface area contributed by atoms with Crippen molar-refractivity contribution in [3.8, 4) is 17.2 Å². The van der Waals surface area contributed by atoms with Gasteiger partial charge in [0.1, 0.15) is 36.0 Å². The molecule has 0 amide bonds. The van der Waals surface area contributed by atoms with Crippen LogP contribution in [0.3, 0.4) is 0 Å². The second kappa shape index (κ2) is 10.9. The summed E-state index contributed by atoms with van der Waals surface area (Å²) in [5.41, 5.74) is 4.76. The van der Waals surface area contributed by atoms with Gasteiger partial charge in [0.05, 0.1) is 22.9 Å². The zero-order chi connectivity index (χ0) is 26.8. The molecule has 0 radical (unpaired) electrons. The Labute approximate surface area is 228 Å². The Balaban J connectivity index is 1.14. The van der Waals surface area contributed by atoms with Crippen LogP contribution >= 0.6 is 0 Å². The van der Waals surface area contributed by atoms with E-state index in [1.54, 1.807) is 12.7 Å². The maximum Gasteiger partial charge on any atom is 0.141 e. The molecular formula is C30H33N7O2. The van der Waals surface area contributed by atoms with E-state index in [1.165, 1.54) is 0 Å². The molecule has 0 saturated carbocycles. The molecule has 1 fully saturated rings. The Morgan fingerprint density at radius 3 is 2.54 bits per heavy atom. The van der Waals surface area contributed by atoms with Crippen molar-refractivity contribution in [2.75, 3.05) is 51.7 Å². The zero-order valence-electron chi connectivity index (χ0n) is 22.6. The molecule has 200 valence electrons. The highest BCUT2D eigenvalue weighted by molar-refractivity contribution is 5.91. The largest absolute Gasteiger partial charge is 0.492 e. The van der Waals surface area contributed by atoms with Crippen molar-refractivity contribution in [1.29, 1.82) is 0 Å². The molecule has 6 rings (SSSR count). The van der Waals surface area contributed by atoms with Gasteiger partial charge in [-0.25, -0.2) is 15.0 Å². The number of fused-ring (bicyclic) bond motifs is 2. The number of hydrogen-bond donors (Lipinski definition) is 1. The predicted octanol–water partition coefficient (Wildman–Crippen LogP) is 4.99. The summed E-state index contributed by atoms with van der Waals surface area (Å²) in [7, 11) is 4.15. The number of imidazole rings is 1. The van der Waals surface area contributed by atoms with E-state index in [0.717, 1.165) is 89.0 Å². The van der Waals surface area contributed by atoms with Gasteiger partial charge in [-0.1, -0.05) is 0 Å². The van der Waals surface area contributed by atoms with Gasteiger partial charge in [0.2, 0.25) is 0 Å². The molecule has 3 aromatic carbocycles. The summed E-state index contributed by atoms with van der Waals surface area (Å²) in [6, 6.07) is 17.9. The molecule has 3 heterocycles. The van der Waals surface area contributed by atoms with Crippen molar-refractivity contribution < 1.29 is 9.47 Å². The Morgan fingerprint density at radius 1 is 0.846 bits per heavy atom. The molecule has 1 aliphatic rings. The van der Waals surface area contributed by atoms with E-state index in [-0.39, 0.29) is 0 Å². The fraction of sp³-hybridized carbons (Fsp3) is 0.300. The molecule has 0 atom stereocenters. The van der Waals surface area contributed by atoms with Crippen LogP contribution in [0.5, 0.6) is 17.2 Å². The number of nitrogens with zero attached hydrogens (tertiary/aromatic N) is 6. The molecule has 1 aliphatic heterocycles. The molecule has 1 N–H and O–H groups in total. The highest BCUT2D eigenvalue weighted by atomic mass is 16.5. The quantitative estimate of drug-likeness (QED) is 0.305. The van der Waals surface area contributed by atoms with Crippen molar-refractivity contribution in [3.05, 3.63) is 72.8 Å². The third-order valence-electron chi connectivity index (χ3n) is 7.24. The minimum atomic E-state index is 0.652. The number of nitrogens with one attached hydrogen (secondary N) is 1. The molecule has 5 aromatic rings. The lowest BCUT2D eigenvalue weighted by Gasteiger charge is -2.32. The summed E-state index contributed by atoms with van der Waals surface area (Å²) in [5.74, 6) is 3.10. The second-order valence-electron chi connectivity index (χ2n) is 10.1. The van der Waals surface area contributed by atoms with Gasteiger partial charge in [0, 0.05) is 56.9 Å². The normalized spacial score (nSPS) is 14.6. The van der Waals surface area contributed by atoms with Crippen LogP contribution in [0.4, 0.5) is 11.5 Å². The number of ether oxygens (including phenoxy) is 2. The maximum absolute atomic E-state index is 6.18. The van der Waals surface area contributed by atoms with Gasteiger partial charge in [-0.3, -0.25) is 4.90 Å². The average molecular weight is 524 g/mol. The predicted molar refractivity (Wildman–Crippen MR) is 154 cm³/mol. The molecule has 39 heavy (non-hydrogen) atoms. The smallest absolute Gasteiger partial charge is 0.141 e. The molecule has 0 aliphatic carbocycles. The molecule has 0 unspecified atom stereocenters. The lowest BCUT2D eigenvalue weighted by atomic mass is 10.2. The van der Waals surface area contributed by atoms with E-state index < -0.39 is 0 Å². The number of piperazine rings is 1. The highest BCUT2D eigenvalue weighted by Crippen LogP contribution is 2.31. The van der Waals surface area contributed by atoms with Gasteiger partial charge < -0.3 is 24.3 Å². The van der Waals surface area contributed by atoms with E-state index in [9.17, 15) is 0 Å². The Morgan fingerprint density at radius 2 is 1.69 bits per heavy atom. The number of anilines is 2. The first kappa shape index (κ1) is 25.1. The highest BCUT2D eigenvalue weighted by Gasteiger charge is 2.14. The van der Waals surface area contributed by atoms with Crippen molar-refractivity contribution in [1.82, 2.24) is 29.3 Å². The molecule has 0 bridgehead atoms. The average Bonchev–Trinajstić information content (AvgIpc) is 3.31. The lowest BCUT2D eigenvalue weighted by Crippen LogP contribution is -2.45. The number of aromatic nitrogens is 4. The summed E-state index contributed by atoms with van der Waals surface area (Å²) in [4.78, 5) is 18.2. The first-order valence-corrected chi connectivity index (χ1v) is 13.3. The van der Waals surface area contributed by atoms with Gasteiger partial charge in [-0.2, -0.15) is 0 Å². The Bertz CT molecular complexity index is 1610. The van der Waals surface area contributed by atoms with Crippen LogP contribution in [0.15, 0.2) is 67.3 Å². The van der Waals surface area contributed by atoms with E-state index in [1.807, 2.05) is 67.1 Å². The molecule has 2 aromatic heterocycles. The molecule has 0 spiro atoms. The topological polar surface area (TPSA) is 80.6 Å². The van der Waals surface area contributed by atoms with E-state index >= 15 is 0 Å². The number of aryl methyl sites for hydroxylation is 2. The maximum atomic E-state index is 6.18. The minimum Gasteiger partial charge on any atom is -0.492 e. The van der Waals surface area contributed by atoms with E-state index in [2.05, 4.69) is 43.2 Å². The summed E-state index contributed by atoms with van der Waals surface area (Å²) < 4.78 is 14.3. The number of likely N-dealkylation sites (N-methyl/N-ethyl adjacent to an activating group) is 1. The van der Waals surface area contributed by atoms with Crippen LogP contribution in [-0.4, -0.2) is 75.7 Å². The van der Waals surface area contributed by atoms with Crippen LogP contribution in [0, 0.1) is 6.92 Å². The monoisotopic (exact) mass is 523 g/mol. The summed E-state index contributed by atoms with van der Waals surface area (Å²) in [6.07, 6.45) is 3.39. The van der Waals surface area contributed by atoms with E-state index in [4.69, 9.17) is 9.47 Å². The lowest BCUT2D eigenvalue weighted by molar-refractivity contribution is 0.134. The fourth-order valence-electron chi connectivity index (χ4n) is 4.87. The summed E-state index contributed by atoms with van der Waals surface area (Å²) >= 11 is 0. The van der Waals surface area contributed by atoms with E-state index in [0.29, 0.717) is 6.61 Å². The standard InChI is InChI=1S/C30H33N7O2/c1-21-16-22(4-9-29(21)39-24-6-8-28-27(18-24)33-20-36(28)3)34-30-25-17-23(5-7-26(25)31-19-32-30)38-15-14-37-12-10-35(2)11-13-37/h4-9,16-20H,10-15H2,1-3H3,(H,31,32,34). The van der Waals surface area contributed by atoms with Crippen LogP contribution in [-0.2, 0) is 7.05 Å². The third-order valence-corrected chi connectivity index (χ3v) is 7.24. The molecular weight excluding hydrogens is 490 g/mol. The summed E-state index contributed by atoms with van der Waals surface area (Å²) in [5, 5.41) is 4.37. The molecule has 9 nitrogen and oxygen atoms in total. The van der Waals surface area contributed by atoms with Gasteiger partial charge in [0.25, 0.3) is 0 Å². The first-order valence-electron chi connectivity index (χ1n) is 13.3. The summed E-state index contributed by atoms with van der Waals surface area (Å²) in [6.45, 7) is 7.99. The van der Waals surface area contributed by atoms with Crippen molar-refractivity contribution in [2.45, 2.75) is 6.92 Å². The van der Waals surface area contributed by atoms with Crippen molar-refractivity contribution in [3.63, 3.8) is 0 Å². The second-order valence-corrected chi connectivity index (χ2v) is 10.1. The zero-order valence-corrected chi connectivity index (χ0v) is 22.6. The van der Waals surface area contributed by atoms with Gasteiger partial charge in [0.15, 0.2) is 0 Å². The van der Waals surface area contributed by atoms with Gasteiger partial charge >= 0.3 is 0 Å². The number of rotatable bonds is 8. The number of benzene rings is 3. The van der Waals surface area contributed by atoms with Gasteiger partial charge in [-0.05, 0) is 68.1 Å². The number of hydrogen-bond acceptors (Lipinski definition) is 8. The van der Waals surface area contributed by atoms with Crippen LogP contribution < -0.4 is 14.8 Å². The Hall–Kier alpha value is -4.21. The van der Waals surface area contributed by atoms with Crippen LogP contribution in [0.25, 0.3) is 21.9 Å². The van der Waals surface area contributed by atoms with Crippen molar-refractivity contribution >= 4 is 33.4 Å². The van der Waals surface area contributed by atoms with Crippen molar-refractivity contribution in [2.24, 2.45) is 7.05 Å².